The Kier molecular flexibility index (Phi) is 6.57. The highest BCUT2D eigenvalue weighted by atomic mass is 35.5. The van der Waals surface area contributed by atoms with Crippen molar-refractivity contribution >= 4 is 11.6 Å². The summed E-state index contributed by atoms with van der Waals surface area (Å²) in [6.07, 6.45) is 6.50. The van der Waals surface area contributed by atoms with Crippen LogP contribution >= 0.6 is 11.6 Å². The van der Waals surface area contributed by atoms with E-state index in [0.717, 1.165) is 32.5 Å². The molecule has 0 aromatic carbocycles. The largest absolute Gasteiger partial charge is 0.377 e. The zero-order valence-electron chi connectivity index (χ0n) is 9.10. The second-order valence-electron chi connectivity index (χ2n) is 4.12. The lowest BCUT2D eigenvalue weighted by atomic mass is 10.1. The fourth-order valence-corrected chi connectivity index (χ4v) is 1.89. The van der Waals surface area contributed by atoms with E-state index < -0.39 is 0 Å². The summed E-state index contributed by atoms with van der Waals surface area (Å²) in [7, 11) is 0. The van der Waals surface area contributed by atoms with Crippen molar-refractivity contribution in [3.05, 3.63) is 0 Å². The number of rotatable bonds is 6. The van der Waals surface area contributed by atoms with Crippen LogP contribution in [0.5, 0.6) is 0 Å². The van der Waals surface area contributed by atoms with Crippen LogP contribution in [0.2, 0.25) is 0 Å². The second-order valence-corrected chi connectivity index (χ2v) is 4.86. The van der Waals surface area contributed by atoms with E-state index in [4.69, 9.17) is 16.3 Å². The lowest BCUT2D eigenvalue weighted by Gasteiger charge is -2.22. The van der Waals surface area contributed by atoms with E-state index in [9.17, 15) is 0 Å². The summed E-state index contributed by atoms with van der Waals surface area (Å²) in [5.41, 5.74) is 0. The maximum Gasteiger partial charge on any atom is 0.0699 e. The Morgan fingerprint density at radius 2 is 2.36 bits per heavy atom. The summed E-state index contributed by atoms with van der Waals surface area (Å²) in [6, 6.07) is 0. The van der Waals surface area contributed by atoms with Crippen LogP contribution in [0.4, 0.5) is 0 Å². The van der Waals surface area contributed by atoms with Gasteiger partial charge in [-0.3, -0.25) is 0 Å². The predicted octanol–water partition coefficient (Wildman–Crippen LogP) is 2.55. The fraction of sp³-hybridized carbons (Fsp3) is 1.00. The highest BCUT2D eigenvalue weighted by molar-refractivity contribution is 6.20. The Hall–Kier alpha value is 0.210. The molecule has 1 heterocycles. The molecule has 0 spiro atoms. The molecular formula is C11H22ClNO. The van der Waals surface area contributed by atoms with Crippen LogP contribution in [0.1, 0.15) is 39.0 Å². The minimum Gasteiger partial charge on any atom is -0.377 e. The van der Waals surface area contributed by atoms with Gasteiger partial charge in [0.05, 0.1) is 6.10 Å². The average Bonchev–Trinajstić information content (AvgIpc) is 2.18. The Bertz CT molecular complexity index is 135. The number of ether oxygens (including phenoxy) is 1. The minimum absolute atomic E-state index is 0.308. The van der Waals surface area contributed by atoms with Gasteiger partial charge < -0.3 is 10.1 Å². The van der Waals surface area contributed by atoms with Crippen LogP contribution < -0.4 is 5.32 Å². The van der Waals surface area contributed by atoms with Crippen molar-refractivity contribution in [3.63, 3.8) is 0 Å². The molecule has 0 aliphatic carbocycles. The monoisotopic (exact) mass is 219 g/mol. The molecule has 0 aromatic heterocycles. The first kappa shape index (κ1) is 12.3. The predicted molar refractivity (Wildman–Crippen MR) is 61.0 cm³/mol. The van der Waals surface area contributed by atoms with Gasteiger partial charge in [-0.15, -0.1) is 11.6 Å². The van der Waals surface area contributed by atoms with Gasteiger partial charge in [0.1, 0.15) is 0 Å². The molecular weight excluding hydrogens is 198 g/mol. The summed E-state index contributed by atoms with van der Waals surface area (Å²) < 4.78 is 5.62. The van der Waals surface area contributed by atoms with E-state index >= 15 is 0 Å². The van der Waals surface area contributed by atoms with Gasteiger partial charge in [-0.05, 0) is 45.6 Å². The SMILES string of the molecule is CC(Cl)CCCNCC1CCCCO1. The number of hydrogen-bond acceptors (Lipinski definition) is 2. The van der Waals surface area contributed by atoms with E-state index in [1.807, 2.05) is 6.92 Å². The van der Waals surface area contributed by atoms with Crippen LogP contribution in [0.3, 0.4) is 0 Å². The summed E-state index contributed by atoms with van der Waals surface area (Å²) in [6.45, 7) is 5.07. The molecule has 1 aliphatic heterocycles. The van der Waals surface area contributed by atoms with Gasteiger partial charge >= 0.3 is 0 Å². The third-order valence-electron chi connectivity index (χ3n) is 2.60. The van der Waals surface area contributed by atoms with Crippen LogP contribution in [-0.4, -0.2) is 31.2 Å². The molecule has 14 heavy (non-hydrogen) atoms. The van der Waals surface area contributed by atoms with Gasteiger partial charge in [0.2, 0.25) is 0 Å². The Morgan fingerprint density at radius 1 is 1.50 bits per heavy atom. The van der Waals surface area contributed by atoms with E-state index in [0.29, 0.717) is 11.5 Å². The quantitative estimate of drug-likeness (QED) is 0.548. The molecule has 0 saturated carbocycles. The number of halogens is 1. The maximum absolute atomic E-state index is 5.85. The van der Waals surface area contributed by atoms with E-state index in [1.165, 1.54) is 19.3 Å². The van der Waals surface area contributed by atoms with Gasteiger partial charge in [-0.25, -0.2) is 0 Å². The van der Waals surface area contributed by atoms with Crippen molar-refractivity contribution in [2.45, 2.75) is 50.5 Å². The Balaban J connectivity index is 1.87. The second kappa shape index (κ2) is 7.49. The Morgan fingerprint density at radius 3 is 3.00 bits per heavy atom. The standard InChI is InChI=1S/C11H22ClNO/c1-10(12)5-4-7-13-9-11-6-2-3-8-14-11/h10-11,13H,2-9H2,1H3. The van der Waals surface area contributed by atoms with Crippen LogP contribution in [-0.2, 0) is 4.74 Å². The molecule has 1 saturated heterocycles. The van der Waals surface area contributed by atoms with Gasteiger partial charge in [-0.2, -0.15) is 0 Å². The van der Waals surface area contributed by atoms with Crippen LogP contribution in [0.25, 0.3) is 0 Å². The third-order valence-corrected chi connectivity index (χ3v) is 2.82. The maximum atomic E-state index is 5.85. The van der Waals surface area contributed by atoms with Gasteiger partial charge in [-0.1, -0.05) is 0 Å². The molecule has 1 N–H and O–H groups in total. The molecule has 0 amide bonds. The smallest absolute Gasteiger partial charge is 0.0699 e. The van der Waals surface area contributed by atoms with Crippen LogP contribution in [0.15, 0.2) is 0 Å². The first-order chi connectivity index (χ1) is 6.79. The third kappa shape index (κ3) is 5.84. The van der Waals surface area contributed by atoms with E-state index in [1.54, 1.807) is 0 Å². The topological polar surface area (TPSA) is 21.3 Å². The highest BCUT2D eigenvalue weighted by Gasteiger charge is 2.12. The summed E-state index contributed by atoms with van der Waals surface area (Å²) in [4.78, 5) is 0. The first-order valence-corrected chi connectivity index (χ1v) is 6.19. The molecule has 0 radical (unpaired) electrons. The lowest BCUT2D eigenvalue weighted by Crippen LogP contribution is -2.32. The summed E-state index contributed by atoms with van der Waals surface area (Å²) in [5, 5.41) is 3.73. The van der Waals surface area contributed by atoms with Crippen molar-refractivity contribution in [1.82, 2.24) is 5.32 Å². The normalized spacial score (nSPS) is 24.9. The molecule has 1 fully saturated rings. The Labute approximate surface area is 92.3 Å². The molecule has 2 atom stereocenters. The number of hydrogen-bond donors (Lipinski definition) is 1. The van der Waals surface area contributed by atoms with Gasteiger partial charge in [0.15, 0.2) is 0 Å². The molecule has 1 rings (SSSR count). The molecule has 84 valence electrons. The van der Waals surface area contributed by atoms with Crippen molar-refractivity contribution in [2.75, 3.05) is 19.7 Å². The van der Waals surface area contributed by atoms with Crippen molar-refractivity contribution in [1.29, 1.82) is 0 Å². The number of alkyl halides is 1. The van der Waals surface area contributed by atoms with Crippen LogP contribution in [0, 0.1) is 0 Å². The fourth-order valence-electron chi connectivity index (χ4n) is 1.74. The highest BCUT2D eigenvalue weighted by Crippen LogP contribution is 2.11. The number of nitrogens with one attached hydrogen (secondary N) is 1. The molecule has 2 nitrogen and oxygen atoms in total. The minimum atomic E-state index is 0.308. The molecule has 2 unspecified atom stereocenters. The van der Waals surface area contributed by atoms with Crippen molar-refractivity contribution < 1.29 is 4.74 Å². The summed E-state index contributed by atoms with van der Waals surface area (Å²) >= 11 is 5.85. The molecule has 3 heteroatoms. The molecule has 0 bridgehead atoms. The van der Waals surface area contributed by atoms with Crippen molar-refractivity contribution in [2.24, 2.45) is 0 Å². The lowest BCUT2D eigenvalue weighted by molar-refractivity contribution is 0.0170. The molecule has 0 aromatic rings. The van der Waals surface area contributed by atoms with Crippen molar-refractivity contribution in [3.8, 4) is 0 Å². The van der Waals surface area contributed by atoms with E-state index in [-0.39, 0.29) is 0 Å². The first-order valence-electron chi connectivity index (χ1n) is 5.75. The van der Waals surface area contributed by atoms with Gasteiger partial charge in [0, 0.05) is 18.5 Å². The zero-order chi connectivity index (χ0) is 10.2. The van der Waals surface area contributed by atoms with E-state index in [2.05, 4.69) is 5.32 Å². The van der Waals surface area contributed by atoms with Gasteiger partial charge in [0.25, 0.3) is 0 Å². The zero-order valence-corrected chi connectivity index (χ0v) is 9.85. The summed E-state index contributed by atoms with van der Waals surface area (Å²) in [5.74, 6) is 0. The molecule has 1 aliphatic rings. The average molecular weight is 220 g/mol.